The first kappa shape index (κ1) is 19.7. The van der Waals surface area contributed by atoms with Gasteiger partial charge in [0.15, 0.2) is 0 Å². The number of fused-ring (bicyclic) bond motifs is 2. The van der Waals surface area contributed by atoms with Gasteiger partial charge in [0.2, 0.25) is 0 Å². The molecule has 1 aromatic heterocycles. The fraction of sp³-hybridized carbons (Fsp3) is 0.200. The van der Waals surface area contributed by atoms with E-state index in [0.717, 1.165) is 32.8 Å². The van der Waals surface area contributed by atoms with Gasteiger partial charge in [-0.2, -0.15) is 0 Å². The number of carbonyl (C=O) groups excluding carboxylic acids is 1. The van der Waals surface area contributed by atoms with Crippen LogP contribution in [-0.2, 0) is 17.8 Å². The summed E-state index contributed by atoms with van der Waals surface area (Å²) in [6, 6.07) is 18.0. The number of rotatable bonds is 6. The summed E-state index contributed by atoms with van der Waals surface area (Å²) in [6.45, 7) is 4.05. The van der Waals surface area contributed by atoms with Gasteiger partial charge in [0, 0.05) is 22.5 Å². The molecule has 0 spiro atoms. The zero-order valence-electron chi connectivity index (χ0n) is 16.9. The van der Waals surface area contributed by atoms with Crippen molar-refractivity contribution >= 4 is 27.7 Å². The highest BCUT2D eigenvalue weighted by atomic mass is 16.5. The summed E-state index contributed by atoms with van der Waals surface area (Å²) in [4.78, 5) is 23.2. The zero-order valence-corrected chi connectivity index (χ0v) is 16.9. The molecule has 0 bridgehead atoms. The first-order chi connectivity index (χ1) is 14.5. The van der Waals surface area contributed by atoms with Gasteiger partial charge in [-0.1, -0.05) is 42.5 Å². The van der Waals surface area contributed by atoms with Crippen molar-refractivity contribution in [1.29, 1.82) is 0 Å². The lowest BCUT2D eigenvalue weighted by molar-refractivity contribution is -0.305. The second-order valence-corrected chi connectivity index (χ2v) is 7.36. The molecule has 30 heavy (non-hydrogen) atoms. The van der Waals surface area contributed by atoms with Gasteiger partial charge in [-0.25, -0.2) is 4.79 Å². The average molecular weight is 401 g/mol. The van der Waals surface area contributed by atoms with Crippen LogP contribution in [0, 0.1) is 13.8 Å². The van der Waals surface area contributed by atoms with E-state index in [2.05, 4.69) is 18.2 Å². The van der Waals surface area contributed by atoms with Crippen LogP contribution >= 0.6 is 0 Å². The van der Waals surface area contributed by atoms with Crippen LogP contribution in [0.3, 0.4) is 0 Å². The van der Waals surface area contributed by atoms with E-state index in [4.69, 9.17) is 9.15 Å². The number of hydrogen-bond donors (Lipinski definition) is 0. The van der Waals surface area contributed by atoms with Crippen molar-refractivity contribution in [2.24, 2.45) is 0 Å². The van der Waals surface area contributed by atoms with E-state index in [1.54, 1.807) is 6.92 Å². The predicted molar refractivity (Wildman–Crippen MR) is 114 cm³/mol. The molecule has 0 unspecified atom stereocenters. The minimum Gasteiger partial charge on any atom is -0.550 e. The molecular weight excluding hydrogens is 380 g/mol. The van der Waals surface area contributed by atoms with Crippen molar-refractivity contribution in [3.63, 3.8) is 0 Å². The summed E-state index contributed by atoms with van der Waals surface area (Å²) in [7, 11) is 0. The van der Waals surface area contributed by atoms with Gasteiger partial charge >= 0.3 is 5.63 Å². The molecule has 0 amide bonds. The van der Waals surface area contributed by atoms with Crippen LogP contribution in [0.1, 0.15) is 28.7 Å². The Bertz CT molecular complexity index is 1310. The first-order valence-electron chi connectivity index (χ1n) is 9.81. The molecule has 0 radical (unpaired) electrons. The Kier molecular flexibility index (Phi) is 5.27. The topological polar surface area (TPSA) is 79.6 Å². The number of carboxylic acids is 1. The van der Waals surface area contributed by atoms with Crippen molar-refractivity contribution in [2.75, 3.05) is 0 Å². The number of hydrogen-bond acceptors (Lipinski definition) is 5. The maximum absolute atomic E-state index is 12.4. The molecule has 3 aromatic carbocycles. The molecule has 0 aliphatic carbocycles. The summed E-state index contributed by atoms with van der Waals surface area (Å²) in [5, 5.41) is 13.8. The molecule has 0 N–H and O–H groups in total. The largest absolute Gasteiger partial charge is 0.550 e. The predicted octanol–water partition coefficient (Wildman–Crippen LogP) is 3.82. The molecule has 0 saturated carbocycles. The molecule has 0 fully saturated rings. The average Bonchev–Trinajstić information content (AvgIpc) is 2.73. The second kappa shape index (κ2) is 8.03. The molecule has 1 heterocycles. The second-order valence-electron chi connectivity index (χ2n) is 7.36. The number of benzene rings is 3. The maximum atomic E-state index is 12.4. The van der Waals surface area contributed by atoms with Crippen LogP contribution in [0.4, 0.5) is 0 Å². The first-order valence-corrected chi connectivity index (χ1v) is 9.81. The van der Waals surface area contributed by atoms with E-state index in [0.29, 0.717) is 23.5 Å². The minimum absolute atomic E-state index is 0.0881. The minimum atomic E-state index is -1.19. The van der Waals surface area contributed by atoms with Crippen LogP contribution in [-0.4, -0.2) is 5.97 Å². The monoisotopic (exact) mass is 401 g/mol. The Morgan fingerprint density at radius 2 is 1.73 bits per heavy atom. The lowest BCUT2D eigenvalue weighted by Crippen LogP contribution is -2.24. The molecule has 0 aliphatic heterocycles. The Morgan fingerprint density at radius 1 is 0.967 bits per heavy atom. The molecule has 5 heteroatoms. The SMILES string of the molecule is Cc1c(CCC(=O)[O-])c(=O)oc2c(C)c(OCc3cccc4ccccc34)ccc12. The lowest BCUT2D eigenvalue weighted by atomic mass is 10.0. The summed E-state index contributed by atoms with van der Waals surface area (Å²) in [5.41, 5.74) is 2.85. The van der Waals surface area contributed by atoms with Gasteiger partial charge < -0.3 is 19.1 Å². The van der Waals surface area contributed by atoms with Crippen LogP contribution in [0.15, 0.2) is 63.8 Å². The number of carbonyl (C=O) groups is 1. The molecule has 5 nitrogen and oxygen atoms in total. The van der Waals surface area contributed by atoms with E-state index in [1.165, 1.54) is 0 Å². The number of carboxylic acid groups (broad SMARTS) is 1. The van der Waals surface area contributed by atoms with Gasteiger partial charge in [-0.05, 0) is 60.7 Å². The van der Waals surface area contributed by atoms with Crippen molar-refractivity contribution in [3.05, 3.63) is 87.3 Å². The van der Waals surface area contributed by atoms with E-state index < -0.39 is 11.6 Å². The fourth-order valence-corrected chi connectivity index (χ4v) is 3.82. The highest BCUT2D eigenvalue weighted by Crippen LogP contribution is 2.30. The smallest absolute Gasteiger partial charge is 0.339 e. The maximum Gasteiger partial charge on any atom is 0.339 e. The zero-order chi connectivity index (χ0) is 21.3. The van der Waals surface area contributed by atoms with Gasteiger partial charge in [-0.15, -0.1) is 0 Å². The van der Waals surface area contributed by atoms with Crippen molar-refractivity contribution in [3.8, 4) is 5.75 Å². The highest BCUT2D eigenvalue weighted by molar-refractivity contribution is 5.86. The number of aryl methyl sites for hydroxylation is 2. The Labute approximate surface area is 173 Å². The molecule has 4 aromatic rings. The third-order valence-corrected chi connectivity index (χ3v) is 5.50. The fourth-order valence-electron chi connectivity index (χ4n) is 3.82. The Morgan fingerprint density at radius 3 is 2.53 bits per heavy atom. The van der Waals surface area contributed by atoms with E-state index in [9.17, 15) is 14.7 Å². The molecular formula is C25H21O5-. The molecule has 152 valence electrons. The molecule has 0 saturated heterocycles. The van der Waals surface area contributed by atoms with Crippen LogP contribution < -0.4 is 15.5 Å². The molecule has 0 aliphatic rings. The third kappa shape index (κ3) is 3.66. The lowest BCUT2D eigenvalue weighted by Gasteiger charge is -2.14. The van der Waals surface area contributed by atoms with Crippen LogP contribution in [0.5, 0.6) is 5.75 Å². The third-order valence-electron chi connectivity index (χ3n) is 5.50. The standard InChI is InChI=1S/C25H22O5/c1-15-19-10-12-22(16(2)24(19)30-25(28)20(15)11-13-23(26)27)29-14-18-8-5-7-17-6-3-4-9-21(17)18/h3-10,12H,11,13-14H2,1-2H3,(H,26,27)/p-1. The van der Waals surface area contributed by atoms with E-state index in [1.807, 2.05) is 43.3 Å². The van der Waals surface area contributed by atoms with Gasteiger partial charge in [0.05, 0.1) is 0 Å². The van der Waals surface area contributed by atoms with Gasteiger partial charge in [0.1, 0.15) is 17.9 Å². The van der Waals surface area contributed by atoms with Crippen molar-refractivity contribution in [1.82, 2.24) is 0 Å². The molecule has 0 atom stereocenters. The summed E-state index contributed by atoms with van der Waals surface area (Å²) in [5.74, 6) is -0.553. The van der Waals surface area contributed by atoms with Gasteiger partial charge in [0.25, 0.3) is 0 Å². The number of aliphatic carboxylic acids is 1. The van der Waals surface area contributed by atoms with Crippen LogP contribution in [0.25, 0.3) is 21.7 Å². The molecule has 4 rings (SSSR count). The summed E-state index contributed by atoms with van der Waals surface area (Å²) in [6.07, 6.45) is -0.132. The Balaban J connectivity index is 1.67. The summed E-state index contributed by atoms with van der Waals surface area (Å²) < 4.78 is 11.6. The number of ether oxygens (including phenoxy) is 1. The van der Waals surface area contributed by atoms with Crippen molar-refractivity contribution < 1.29 is 19.1 Å². The van der Waals surface area contributed by atoms with Crippen molar-refractivity contribution in [2.45, 2.75) is 33.3 Å². The quantitative estimate of drug-likeness (QED) is 0.459. The normalized spacial score (nSPS) is 11.1. The van der Waals surface area contributed by atoms with E-state index >= 15 is 0 Å². The van der Waals surface area contributed by atoms with Crippen LogP contribution in [0.2, 0.25) is 0 Å². The van der Waals surface area contributed by atoms with E-state index in [-0.39, 0.29) is 12.8 Å². The Hall–Kier alpha value is -3.60. The summed E-state index contributed by atoms with van der Waals surface area (Å²) >= 11 is 0. The van der Waals surface area contributed by atoms with Gasteiger partial charge in [-0.3, -0.25) is 0 Å². The highest BCUT2D eigenvalue weighted by Gasteiger charge is 2.15.